The van der Waals surface area contributed by atoms with Gasteiger partial charge < -0.3 is 4.74 Å². The molecule has 128 valence electrons. The molecule has 0 fully saturated rings. The summed E-state index contributed by atoms with van der Waals surface area (Å²) in [4.78, 5) is 23.2. The molecule has 0 aliphatic heterocycles. The lowest BCUT2D eigenvalue weighted by Gasteiger charge is -2.15. The van der Waals surface area contributed by atoms with Gasteiger partial charge in [-0.3, -0.25) is 14.9 Å². The number of fused-ring (bicyclic) bond motifs is 3. The second-order valence-electron chi connectivity index (χ2n) is 6.11. The molecule has 0 radical (unpaired) electrons. The van der Waals surface area contributed by atoms with E-state index in [1.807, 2.05) is 48.5 Å². The van der Waals surface area contributed by atoms with Crippen LogP contribution >= 0.6 is 0 Å². The standard InChI is InChI=1S/C21H15NO4/c23-20(13-14-7-1-6-12-19(14)22(24)25)26-21-17-10-4-2-8-15(17)16-9-3-5-11-18(16)21/h1-12,21H,13H2. The average Bonchev–Trinajstić information content (AvgIpc) is 2.96. The molecule has 1 aliphatic rings. The SMILES string of the molecule is O=C(Cc1ccccc1[N+](=O)[O-])OC1c2ccccc2-c2ccccc21. The third-order valence-electron chi connectivity index (χ3n) is 4.55. The number of nitro groups is 1. The molecule has 0 bridgehead atoms. The quantitative estimate of drug-likeness (QED) is 0.398. The van der Waals surface area contributed by atoms with Crippen LogP contribution in [0.4, 0.5) is 5.69 Å². The maximum atomic E-state index is 12.5. The molecule has 0 saturated heterocycles. The summed E-state index contributed by atoms with van der Waals surface area (Å²) in [5.41, 5.74) is 4.24. The molecular weight excluding hydrogens is 330 g/mol. The molecule has 4 rings (SSSR count). The number of hydrogen-bond donors (Lipinski definition) is 0. The van der Waals surface area contributed by atoms with Gasteiger partial charge in [-0.15, -0.1) is 0 Å². The fourth-order valence-electron chi connectivity index (χ4n) is 3.40. The smallest absolute Gasteiger partial charge is 0.311 e. The summed E-state index contributed by atoms with van der Waals surface area (Å²) in [6.07, 6.45) is -0.629. The Morgan fingerprint density at radius 3 is 2.04 bits per heavy atom. The van der Waals surface area contributed by atoms with Gasteiger partial charge in [-0.1, -0.05) is 66.7 Å². The highest BCUT2D eigenvalue weighted by molar-refractivity contribution is 5.81. The van der Waals surface area contributed by atoms with Crippen molar-refractivity contribution in [3.8, 4) is 11.1 Å². The van der Waals surface area contributed by atoms with Gasteiger partial charge in [-0.25, -0.2) is 0 Å². The topological polar surface area (TPSA) is 69.4 Å². The largest absolute Gasteiger partial charge is 0.452 e. The lowest BCUT2D eigenvalue weighted by Crippen LogP contribution is -2.13. The number of carbonyl (C=O) groups is 1. The number of carbonyl (C=O) groups excluding carboxylic acids is 1. The third-order valence-corrected chi connectivity index (χ3v) is 4.55. The summed E-state index contributed by atoms with van der Waals surface area (Å²) in [6.45, 7) is 0. The molecule has 0 N–H and O–H groups in total. The second-order valence-corrected chi connectivity index (χ2v) is 6.11. The Labute approximate surface area is 150 Å². The molecule has 26 heavy (non-hydrogen) atoms. The molecule has 0 amide bonds. The van der Waals surface area contributed by atoms with Crippen molar-refractivity contribution in [3.63, 3.8) is 0 Å². The van der Waals surface area contributed by atoms with E-state index in [2.05, 4.69) is 0 Å². The van der Waals surface area contributed by atoms with E-state index in [1.165, 1.54) is 6.07 Å². The van der Waals surface area contributed by atoms with Gasteiger partial charge in [0.25, 0.3) is 5.69 Å². The van der Waals surface area contributed by atoms with Gasteiger partial charge in [0.1, 0.15) is 0 Å². The number of ether oxygens (including phenoxy) is 1. The summed E-state index contributed by atoms with van der Waals surface area (Å²) >= 11 is 0. The molecule has 3 aromatic rings. The van der Waals surface area contributed by atoms with Crippen molar-refractivity contribution >= 4 is 11.7 Å². The van der Waals surface area contributed by atoms with Crippen LogP contribution in [0.25, 0.3) is 11.1 Å². The second kappa shape index (κ2) is 6.44. The number of nitro benzene ring substituents is 1. The van der Waals surface area contributed by atoms with E-state index in [-0.39, 0.29) is 12.1 Å². The van der Waals surface area contributed by atoms with E-state index >= 15 is 0 Å². The maximum absolute atomic E-state index is 12.5. The van der Waals surface area contributed by atoms with Crippen LogP contribution in [-0.2, 0) is 16.0 Å². The molecule has 5 heteroatoms. The minimum atomic E-state index is -0.490. The van der Waals surface area contributed by atoms with E-state index < -0.39 is 17.0 Å². The third kappa shape index (κ3) is 2.73. The monoisotopic (exact) mass is 345 g/mol. The molecule has 0 atom stereocenters. The van der Waals surface area contributed by atoms with Crippen LogP contribution in [0, 0.1) is 10.1 Å². The molecule has 5 nitrogen and oxygen atoms in total. The van der Waals surface area contributed by atoms with E-state index in [0.29, 0.717) is 5.56 Å². The number of para-hydroxylation sites is 1. The number of hydrogen-bond acceptors (Lipinski definition) is 4. The lowest BCUT2D eigenvalue weighted by molar-refractivity contribution is -0.385. The van der Waals surface area contributed by atoms with Gasteiger partial charge >= 0.3 is 5.97 Å². The summed E-state index contributed by atoms with van der Waals surface area (Å²) in [5.74, 6) is -0.490. The molecule has 0 spiro atoms. The Kier molecular flexibility index (Phi) is 3.97. The van der Waals surface area contributed by atoms with Crippen molar-refractivity contribution in [2.24, 2.45) is 0 Å². The highest BCUT2D eigenvalue weighted by Gasteiger charge is 2.31. The summed E-state index contributed by atoms with van der Waals surface area (Å²) < 4.78 is 5.74. The first-order valence-corrected chi connectivity index (χ1v) is 8.25. The van der Waals surface area contributed by atoms with Crippen molar-refractivity contribution in [1.29, 1.82) is 0 Å². The number of esters is 1. The van der Waals surface area contributed by atoms with Gasteiger partial charge in [0.05, 0.1) is 11.3 Å². The number of nitrogens with zero attached hydrogens (tertiary/aromatic N) is 1. The Morgan fingerprint density at radius 1 is 0.885 bits per heavy atom. The van der Waals surface area contributed by atoms with Gasteiger partial charge in [0.15, 0.2) is 6.10 Å². The van der Waals surface area contributed by atoms with Crippen LogP contribution in [0.2, 0.25) is 0 Å². The van der Waals surface area contributed by atoms with Gasteiger partial charge in [-0.05, 0) is 11.1 Å². The Balaban J connectivity index is 1.62. The van der Waals surface area contributed by atoms with Gasteiger partial charge in [0, 0.05) is 22.8 Å². The van der Waals surface area contributed by atoms with Gasteiger partial charge in [0.2, 0.25) is 0 Å². The molecule has 0 saturated carbocycles. The van der Waals surface area contributed by atoms with Gasteiger partial charge in [-0.2, -0.15) is 0 Å². The van der Waals surface area contributed by atoms with Crippen LogP contribution in [-0.4, -0.2) is 10.9 Å². The zero-order valence-corrected chi connectivity index (χ0v) is 13.8. The average molecular weight is 345 g/mol. The van der Waals surface area contributed by atoms with Crippen LogP contribution in [0.15, 0.2) is 72.8 Å². The molecular formula is C21H15NO4. The van der Waals surface area contributed by atoms with E-state index in [1.54, 1.807) is 18.2 Å². The lowest BCUT2D eigenvalue weighted by atomic mass is 10.1. The first kappa shape index (κ1) is 16.0. The van der Waals surface area contributed by atoms with E-state index in [0.717, 1.165) is 22.3 Å². The predicted molar refractivity (Wildman–Crippen MR) is 96.6 cm³/mol. The van der Waals surface area contributed by atoms with E-state index in [4.69, 9.17) is 4.74 Å². The highest BCUT2D eigenvalue weighted by Crippen LogP contribution is 2.45. The Morgan fingerprint density at radius 2 is 1.42 bits per heavy atom. The molecule has 3 aromatic carbocycles. The molecule has 0 heterocycles. The number of rotatable bonds is 4. The minimum Gasteiger partial charge on any atom is -0.452 e. The fraction of sp³-hybridized carbons (Fsp3) is 0.0952. The normalized spacial score (nSPS) is 12.3. The molecule has 0 unspecified atom stereocenters. The first-order chi connectivity index (χ1) is 12.6. The van der Waals surface area contributed by atoms with Crippen molar-refractivity contribution in [2.75, 3.05) is 0 Å². The Bertz CT molecular complexity index is 967. The predicted octanol–water partition coefficient (Wildman–Crippen LogP) is 4.45. The van der Waals surface area contributed by atoms with Crippen LogP contribution < -0.4 is 0 Å². The summed E-state index contributed by atoms with van der Waals surface area (Å²) in [7, 11) is 0. The van der Waals surface area contributed by atoms with Crippen LogP contribution in [0.3, 0.4) is 0 Å². The summed E-state index contributed by atoms with van der Waals surface area (Å²) in [6, 6.07) is 21.8. The minimum absolute atomic E-state index is 0.0725. The van der Waals surface area contributed by atoms with Crippen LogP contribution in [0.5, 0.6) is 0 Å². The number of benzene rings is 3. The highest BCUT2D eigenvalue weighted by atomic mass is 16.6. The Hall–Kier alpha value is -3.47. The fourth-order valence-corrected chi connectivity index (χ4v) is 3.40. The van der Waals surface area contributed by atoms with Crippen molar-refractivity contribution in [1.82, 2.24) is 0 Å². The van der Waals surface area contributed by atoms with Crippen molar-refractivity contribution < 1.29 is 14.5 Å². The zero-order chi connectivity index (χ0) is 18.1. The van der Waals surface area contributed by atoms with Crippen molar-refractivity contribution in [3.05, 3.63) is 99.6 Å². The summed E-state index contributed by atoms with van der Waals surface area (Å²) in [5, 5.41) is 11.1. The van der Waals surface area contributed by atoms with E-state index in [9.17, 15) is 14.9 Å². The maximum Gasteiger partial charge on any atom is 0.311 e. The van der Waals surface area contributed by atoms with Crippen LogP contribution in [0.1, 0.15) is 22.8 Å². The zero-order valence-electron chi connectivity index (χ0n) is 13.8. The molecule has 0 aromatic heterocycles. The molecule has 1 aliphatic carbocycles. The van der Waals surface area contributed by atoms with Crippen molar-refractivity contribution in [2.45, 2.75) is 12.5 Å². The first-order valence-electron chi connectivity index (χ1n) is 8.25.